The molecule has 104 valence electrons. The highest BCUT2D eigenvalue weighted by Gasteiger charge is 2.29. The van der Waals surface area contributed by atoms with Gasteiger partial charge in [-0.3, -0.25) is 4.79 Å². The number of amides is 1. The number of hydrogen-bond donors (Lipinski definition) is 1. The number of rotatable bonds is 5. The van der Waals surface area contributed by atoms with Crippen LogP contribution < -0.4 is 5.73 Å². The Balaban J connectivity index is 2.55. The van der Waals surface area contributed by atoms with Gasteiger partial charge < -0.3 is 10.6 Å². The van der Waals surface area contributed by atoms with Crippen LogP contribution >= 0.6 is 12.2 Å². The van der Waals surface area contributed by atoms with Crippen LogP contribution in [-0.4, -0.2) is 29.4 Å². The minimum atomic E-state index is -0.311. The van der Waals surface area contributed by atoms with Crippen LogP contribution in [0.25, 0.3) is 0 Å². The summed E-state index contributed by atoms with van der Waals surface area (Å²) in [6.07, 6.45) is 6.44. The van der Waals surface area contributed by atoms with E-state index in [1.807, 2.05) is 25.8 Å². The Labute approximate surface area is 116 Å². The number of nitrogens with two attached hydrogens (primary N) is 1. The van der Waals surface area contributed by atoms with E-state index in [2.05, 4.69) is 0 Å². The predicted molar refractivity (Wildman–Crippen MR) is 79.3 cm³/mol. The molecule has 0 bridgehead atoms. The molecule has 0 aromatic heterocycles. The first-order valence-electron chi connectivity index (χ1n) is 6.97. The lowest BCUT2D eigenvalue weighted by Gasteiger charge is -2.30. The Bertz CT molecular complexity index is 298. The van der Waals surface area contributed by atoms with Gasteiger partial charge in [0.1, 0.15) is 0 Å². The highest BCUT2D eigenvalue weighted by Crippen LogP contribution is 2.25. The summed E-state index contributed by atoms with van der Waals surface area (Å²) in [6, 6.07) is 0. The van der Waals surface area contributed by atoms with Crippen molar-refractivity contribution in [1.82, 2.24) is 4.90 Å². The van der Waals surface area contributed by atoms with E-state index in [-0.39, 0.29) is 17.7 Å². The fourth-order valence-corrected chi connectivity index (χ4v) is 3.19. The van der Waals surface area contributed by atoms with Crippen molar-refractivity contribution in [2.75, 3.05) is 13.6 Å². The van der Waals surface area contributed by atoms with Crippen molar-refractivity contribution in [3.63, 3.8) is 0 Å². The average Bonchev–Trinajstić information content (AvgIpc) is 2.29. The lowest BCUT2D eigenvalue weighted by molar-refractivity contribution is -0.133. The molecule has 0 radical (unpaired) electrons. The number of carbonyl (C=O) groups is 1. The van der Waals surface area contributed by atoms with E-state index in [4.69, 9.17) is 18.0 Å². The third-order valence-corrected chi connectivity index (χ3v) is 4.13. The zero-order valence-electron chi connectivity index (χ0n) is 11.8. The van der Waals surface area contributed by atoms with Gasteiger partial charge in [0.25, 0.3) is 0 Å². The smallest absolute Gasteiger partial charge is 0.232 e. The zero-order valence-corrected chi connectivity index (χ0v) is 12.6. The molecular weight excluding hydrogens is 244 g/mol. The fraction of sp³-hybridized carbons (Fsp3) is 0.857. The molecule has 1 rings (SSSR count). The average molecular weight is 270 g/mol. The van der Waals surface area contributed by atoms with Crippen molar-refractivity contribution in [3.05, 3.63) is 0 Å². The first-order chi connectivity index (χ1) is 8.43. The molecule has 0 spiro atoms. The lowest BCUT2D eigenvalue weighted by Crippen LogP contribution is -2.43. The largest absolute Gasteiger partial charge is 0.393 e. The van der Waals surface area contributed by atoms with E-state index in [0.29, 0.717) is 10.9 Å². The van der Waals surface area contributed by atoms with Gasteiger partial charge in [0.2, 0.25) is 5.91 Å². The molecule has 2 N–H and O–H groups in total. The molecule has 1 aliphatic carbocycles. The van der Waals surface area contributed by atoms with Crippen molar-refractivity contribution in [2.24, 2.45) is 23.5 Å². The first kappa shape index (κ1) is 15.4. The van der Waals surface area contributed by atoms with Gasteiger partial charge in [0, 0.05) is 13.6 Å². The van der Waals surface area contributed by atoms with Crippen molar-refractivity contribution in [1.29, 1.82) is 0 Å². The maximum absolute atomic E-state index is 12.4. The summed E-state index contributed by atoms with van der Waals surface area (Å²) < 4.78 is 0. The molecule has 1 aliphatic rings. The Morgan fingerprint density at radius 3 is 2.33 bits per heavy atom. The molecule has 4 heteroatoms. The van der Waals surface area contributed by atoms with E-state index in [9.17, 15) is 4.79 Å². The van der Waals surface area contributed by atoms with Crippen LogP contribution in [0.15, 0.2) is 0 Å². The SMILES string of the molecule is CC(C)C(C(=O)N(C)CC1CCCCC1)C(N)=S. The van der Waals surface area contributed by atoms with Gasteiger partial charge in [-0.1, -0.05) is 45.3 Å². The highest BCUT2D eigenvalue weighted by atomic mass is 32.1. The Hall–Kier alpha value is -0.640. The monoisotopic (exact) mass is 270 g/mol. The summed E-state index contributed by atoms with van der Waals surface area (Å²) in [7, 11) is 1.88. The molecule has 1 amide bonds. The molecule has 0 saturated heterocycles. The van der Waals surface area contributed by atoms with Crippen LogP contribution in [0.3, 0.4) is 0 Å². The van der Waals surface area contributed by atoms with E-state index in [1.54, 1.807) is 0 Å². The molecular formula is C14H26N2OS. The Morgan fingerprint density at radius 1 is 1.33 bits per heavy atom. The second-order valence-electron chi connectivity index (χ2n) is 5.85. The zero-order chi connectivity index (χ0) is 13.7. The molecule has 1 unspecified atom stereocenters. The van der Waals surface area contributed by atoms with Crippen LogP contribution in [0.1, 0.15) is 46.0 Å². The summed E-state index contributed by atoms with van der Waals surface area (Å²) in [5, 5.41) is 0. The fourth-order valence-electron chi connectivity index (χ4n) is 2.82. The quantitative estimate of drug-likeness (QED) is 0.781. The van der Waals surface area contributed by atoms with Crippen molar-refractivity contribution in [2.45, 2.75) is 46.0 Å². The van der Waals surface area contributed by atoms with E-state index >= 15 is 0 Å². The van der Waals surface area contributed by atoms with Crippen LogP contribution in [0.5, 0.6) is 0 Å². The minimum Gasteiger partial charge on any atom is -0.393 e. The van der Waals surface area contributed by atoms with Crippen LogP contribution in [-0.2, 0) is 4.79 Å². The first-order valence-corrected chi connectivity index (χ1v) is 7.38. The molecule has 0 aliphatic heterocycles. The maximum Gasteiger partial charge on any atom is 0.232 e. The third kappa shape index (κ3) is 4.23. The van der Waals surface area contributed by atoms with Crippen molar-refractivity contribution in [3.8, 4) is 0 Å². The molecule has 1 fully saturated rings. The van der Waals surface area contributed by atoms with Crippen molar-refractivity contribution >= 4 is 23.1 Å². The van der Waals surface area contributed by atoms with Crippen LogP contribution in [0.2, 0.25) is 0 Å². The summed E-state index contributed by atoms with van der Waals surface area (Å²) in [5.74, 6) is 0.604. The summed E-state index contributed by atoms with van der Waals surface area (Å²) in [5.41, 5.74) is 5.69. The Morgan fingerprint density at radius 2 is 1.89 bits per heavy atom. The van der Waals surface area contributed by atoms with Gasteiger partial charge in [-0.2, -0.15) is 0 Å². The highest BCUT2D eigenvalue weighted by molar-refractivity contribution is 7.80. The van der Waals surface area contributed by atoms with Gasteiger partial charge in [-0.25, -0.2) is 0 Å². The van der Waals surface area contributed by atoms with Crippen molar-refractivity contribution < 1.29 is 4.79 Å². The summed E-state index contributed by atoms with van der Waals surface area (Å²) in [4.78, 5) is 14.5. The van der Waals surface area contributed by atoms with Crippen LogP contribution in [0, 0.1) is 17.8 Å². The Kier molecular flexibility index (Phi) is 6.06. The molecule has 1 saturated carbocycles. The minimum absolute atomic E-state index is 0.0862. The molecule has 0 heterocycles. The maximum atomic E-state index is 12.4. The molecule has 0 aromatic carbocycles. The van der Waals surface area contributed by atoms with E-state index < -0.39 is 0 Å². The second kappa shape index (κ2) is 7.07. The molecule has 18 heavy (non-hydrogen) atoms. The molecule has 1 atom stereocenters. The van der Waals surface area contributed by atoms with E-state index in [1.165, 1.54) is 32.1 Å². The van der Waals surface area contributed by atoms with Gasteiger partial charge >= 0.3 is 0 Å². The standard InChI is InChI=1S/C14H26N2OS/c1-10(2)12(13(15)18)14(17)16(3)9-11-7-5-4-6-8-11/h10-12H,4-9H2,1-3H3,(H2,15,18). The molecule has 3 nitrogen and oxygen atoms in total. The predicted octanol–water partition coefficient (Wildman–Crippen LogP) is 2.58. The normalized spacial score (nSPS) is 18.7. The number of nitrogens with zero attached hydrogens (tertiary/aromatic N) is 1. The van der Waals surface area contributed by atoms with Gasteiger partial charge in [-0.15, -0.1) is 0 Å². The van der Waals surface area contributed by atoms with Crippen LogP contribution in [0.4, 0.5) is 0 Å². The summed E-state index contributed by atoms with van der Waals surface area (Å²) >= 11 is 5.02. The number of hydrogen-bond acceptors (Lipinski definition) is 2. The summed E-state index contributed by atoms with van der Waals surface area (Å²) in [6.45, 7) is 4.84. The number of carbonyl (C=O) groups excluding carboxylic acids is 1. The molecule has 0 aromatic rings. The van der Waals surface area contributed by atoms with E-state index in [0.717, 1.165) is 6.54 Å². The van der Waals surface area contributed by atoms with Gasteiger partial charge in [-0.05, 0) is 24.7 Å². The van der Waals surface area contributed by atoms with Gasteiger partial charge in [0.05, 0.1) is 10.9 Å². The number of thiocarbonyl (C=S) groups is 1. The third-order valence-electron chi connectivity index (χ3n) is 3.87. The topological polar surface area (TPSA) is 46.3 Å². The van der Waals surface area contributed by atoms with Gasteiger partial charge in [0.15, 0.2) is 0 Å². The second-order valence-corrected chi connectivity index (χ2v) is 6.32. The lowest BCUT2D eigenvalue weighted by atomic mass is 9.88.